The van der Waals surface area contributed by atoms with Crippen LogP contribution >= 0.6 is 11.6 Å². The summed E-state index contributed by atoms with van der Waals surface area (Å²) in [5.74, 6) is 0.753. The third-order valence-corrected chi connectivity index (χ3v) is 2.62. The number of halogens is 1. The van der Waals surface area contributed by atoms with Gasteiger partial charge in [-0.3, -0.25) is 0 Å². The van der Waals surface area contributed by atoms with Crippen molar-refractivity contribution in [3.8, 4) is 0 Å². The topological polar surface area (TPSA) is 9.23 Å². The van der Waals surface area contributed by atoms with Crippen molar-refractivity contribution in [1.29, 1.82) is 0 Å². The molecule has 0 radical (unpaired) electrons. The summed E-state index contributed by atoms with van der Waals surface area (Å²) >= 11 is 5.80. The van der Waals surface area contributed by atoms with Gasteiger partial charge in [0.05, 0.1) is 12.2 Å². The molecule has 1 fully saturated rings. The summed E-state index contributed by atoms with van der Waals surface area (Å²) in [4.78, 5) is 0. The van der Waals surface area contributed by atoms with Crippen LogP contribution in [0.2, 0.25) is 0 Å². The highest BCUT2D eigenvalue weighted by Crippen LogP contribution is 2.47. The Morgan fingerprint density at radius 2 is 1.91 bits per heavy atom. The minimum atomic E-state index is -0.0123. The van der Waals surface area contributed by atoms with Gasteiger partial charge >= 0.3 is 0 Å². The van der Waals surface area contributed by atoms with E-state index in [2.05, 4.69) is 20.8 Å². The molecule has 1 aliphatic rings. The number of hydrogen-bond acceptors (Lipinski definition) is 1. The van der Waals surface area contributed by atoms with Crippen molar-refractivity contribution in [2.45, 2.75) is 39.2 Å². The number of hydrogen-bond donors (Lipinski definition) is 0. The predicted molar refractivity (Wildman–Crippen MR) is 48.1 cm³/mol. The molecule has 1 nitrogen and oxygen atoms in total. The third-order valence-electron chi connectivity index (χ3n) is 2.05. The molecule has 0 bridgehead atoms. The maximum absolute atomic E-state index is 5.80. The molecular formula is C9H17ClO. The Bertz CT molecular complexity index is 133. The van der Waals surface area contributed by atoms with E-state index >= 15 is 0 Å². The monoisotopic (exact) mass is 176 g/mol. The fourth-order valence-corrected chi connectivity index (χ4v) is 1.21. The second-order valence-electron chi connectivity index (χ2n) is 4.53. The molecule has 0 aliphatic heterocycles. The Balaban J connectivity index is 2.22. The number of alkyl halides is 1. The summed E-state index contributed by atoms with van der Waals surface area (Å²) in [5.41, 5.74) is 0.330. The first-order chi connectivity index (χ1) is 4.97. The third kappa shape index (κ3) is 3.00. The first-order valence-electron chi connectivity index (χ1n) is 4.17. The number of ether oxygens (including phenoxy) is 1. The Hall–Kier alpha value is 0.250. The average molecular weight is 177 g/mol. The van der Waals surface area contributed by atoms with Gasteiger partial charge in [0.1, 0.15) is 0 Å². The lowest BCUT2D eigenvalue weighted by molar-refractivity contribution is -0.0239. The first kappa shape index (κ1) is 9.34. The van der Waals surface area contributed by atoms with Gasteiger partial charge in [-0.1, -0.05) is 0 Å². The molecule has 0 atom stereocenters. The highest BCUT2D eigenvalue weighted by molar-refractivity contribution is 6.18. The van der Waals surface area contributed by atoms with Gasteiger partial charge < -0.3 is 4.74 Å². The van der Waals surface area contributed by atoms with Crippen molar-refractivity contribution >= 4 is 11.6 Å². The van der Waals surface area contributed by atoms with E-state index in [9.17, 15) is 0 Å². The zero-order valence-corrected chi connectivity index (χ0v) is 8.37. The van der Waals surface area contributed by atoms with Crippen LogP contribution in [0.15, 0.2) is 0 Å². The van der Waals surface area contributed by atoms with Crippen molar-refractivity contribution < 1.29 is 4.74 Å². The largest absolute Gasteiger partial charge is 0.375 e. The van der Waals surface area contributed by atoms with Crippen LogP contribution < -0.4 is 0 Å². The van der Waals surface area contributed by atoms with Crippen LogP contribution in [0.4, 0.5) is 0 Å². The summed E-state index contributed by atoms with van der Waals surface area (Å²) in [6, 6.07) is 0. The van der Waals surface area contributed by atoms with E-state index in [4.69, 9.17) is 16.3 Å². The van der Waals surface area contributed by atoms with Crippen LogP contribution in [0.1, 0.15) is 33.6 Å². The Morgan fingerprint density at radius 1 is 1.36 bits per heavy atom. The molecule has 0 aromatic carbocycles. The summed E-state index contributed by atoms with van der Waals surface area (Å²) in [5, 5.41) is 0. The minimum Gasteiger partial charge on any atom is -0.375 e. The smallest absolute Gasteiger partial charge is 0.0598 e. The molecule has 0 aromatic heterocycles. The Labute approximate surface area is 74.1 Å². The maximum Gasteiger partial charge on any atom is 0.0598 e. The van der Waals surface area contributed by atoms with Gasteiger partial charge in [-0.2, -0.15) is 0 Å². The van der Waals surface area contributed by atoms with Gasteiger partial charge in [-0.25, -0.2) is 0 Å². The van der Waals surface area contributed by atoms with E-state index in [1.165, 1.54) is 12.8 Å². The van der Waals surface area contributed by atoms with Gasteiger partial charge in [0, 0.05) is 11.3 Å². The lowest BCUT2D eigenvalue weighted by Gasteiger charge is -2.22. The van der Waals surface area contributed by atoms with E-state index in [0.717, 1.165) is 12.5 Å². The molecule has 0 saturated heterocycles. The van der Waals surface area contributed by atoms with E-state index in [0.29, 0.717) is 5.41 Å². The molecule has 0 unspecified atom stereocenters. The van der Waals surface area contributed by atoms with Crippen molar-refractivity contribution in [3.63, 3.8) is 0 Å². The van der Waals surface area contributed by atoms with Gasteiger partial charge in [0.2, 0.25) is 0 Å². The lowest BCUT2D eigenvalue weighted by atomic mass is 10.1. The molecule has 0 aromatic rings. The second kappa shape index (κ2) is 2.95. The normalized spacial score (nSPS) is 21.8. The van der Waals surface area contributed by atoms with Gasteiger partial charge in [0.15, 0.2) is 0 Å². The molecule has 1 aliphatic carbocycles. The van der Waals surface area contributed by atoms with E-state index in [1.54, 1.807) is 0 Å². The molecule has 0 amide bonds. The van der Waals surface area contributed by atoms with E-state index < -0.39 is 0 Å². The van der Waals surface area contributed by atoms with E-state index in [-0.39, 0.29) is 5.60 Å². The second-order valence-corrected chi connectivity index (χ2v) is 4.80. The molecule has 1 saturated carbocycles. The van der Waals surface area contributed by atoms with Crippen LogP contribution in [-0.2, 0) is 4.74 Å². The zero-order valence-electron chi connectivity index (χ0n) is 7.61. The minimum absolute atomic E-state index is 0.0123. The zero-order chi connectivity index (χ0) is 8.54. The molecular weight excluding hydrogens is 160 g/mol. The Morgan fingerprint density at radius 3 is 2.18 bits per heavy atom. The van der Waals surface area contributed by atoms with Crippen molar-refractivity contribution in [3.05, 3.63) is 0 Å². The molecule has 1 rings (SSSR count). The molecule has 0 heterocycles. The van der Waals surface area contributed by atoms with Gasteiger partial charge in [-0.05, 0) is 33.6 Å². The summed E-state index contributed by atoms with van der Waals surface area (Å²) in [6.45, 7) is 7.08. The predicted octanol–water partition coefficient (Wildman–Crippen LogP) is 2.82. The van der Waals surface area contributed by atoms with Crippen molar-refractivity contribution in [2.24, 2.45) is 5.41 Å². The fourth-order valence-electron chi connectivity index (χ4n) is 0.863. The van der Waals surface area contributed by atoms with Crippen LogP contribution in [0.3, 0.4) is 0 Å². The standard InChI is InChI=1S/C9H17ClO/c1-8(2,3)11-7-9(6-10)4-5-9/h4-7H2,1-3H3. The number of rotatable bonds is 3. The molecule has 66 valence electrons. The Kier molecular flexibility index (Phi) is 2.50. The molecule has 2 heteroatoms. The summed E-state index contributed by atoms with van der Waals surface area (Å²) in [7, 11) is 0. The van der Waals surface area contributed by atoms with Crippen LogP contribution in [0.25, 0.3) is 0 Å². The first-order valence-corrected chi connectivity index (χ1v) is 4.71. The van der Waals surface area contributed by atoms with Crippen LogP contribution in [0, 0.1) is 5.41 Å². The molecule has 0 N–H and O–H groups in total. The summed E-state index contributed by atoms with van der Waals surface area (Å²) < 4.78 is 5.66. The fraction of sp³-hybridized carbons (Fsp3) is 1.00. The molecule has 0 spiro atoms. The SMILES string of the molecule is CC(C)(C)OCC1(CCl)CC1. The average Bonchev–Trinajstić information content (AvgIpc) is 2.63. The van der Waals surface area contributed by atoms with Crippen molar-refractivity contribution in [1.82, 2.24) is 0 Å². The quantitative estimate of drug-likeness (QED) is 0.601. The van der Waals surface area contributed by atoms with Crippen LogP contribution in [-0.4, -0.2) is 18.1 Å². The highest BCUT2D eigenvalue weighted by Gasteiger charge is 2.42. The lowest BCUT2D eigenvalue weighted by Crippen LogP contribution is -2.24. The maximum atomic E-state index is 5.80. The van der Waals surface area contributed by atoms with Crippen molar-refractivity contribution in [2.75, 3.05) is 12.5 Å². The van der Waals surface area contributed by atoms with Crippen LogP contribution in [0.5, 0.6) is 0 Å². The van der Waals surface area contributed by atoms with E-state index in [1.807, 2.05) is 0 Å². The van der Waals surface area contributed by atoms with Gasteiger partial charge in [0.25, 0.3) is 0 Å². The van der Waals surface area contributed by atoms with Gasteiger partial charge in [-0.15, -0.1) is 11.6 Å². The molecule has 11 heavy (non-hydrogen) atoms. The summed E-state index contributed by atoms with van der Waals surface area (Å²) in [6.07, 6.45) is 2.49. The highest BCUT2D eigenvalue weighted by atomic mass is 35.5.